The maximum Gasteiger partial charge on any atom is 0.259 e. The summed E-state index contributed by atoms with van der Waals surface area (Å²) in [6.07, 6.45) is 5.20. The first-order chi connectivity index (χ1) is 9.25. The number of anilines is 1. The van der Waals surface area contributed by atoms with E-state index in [1.807, 2.05) is 0 Å². The lowest BCUT2D eigenvalue weighted by Crippen LogP contribution is -2.42. The molecule has 2 aromatic rings. The average molecular weight is 260 g/mol. The first kappa shape index (κ1) is 11.9. The number of carbonyl (C=O) groups excluding carboxylic acids is 1. The highest BCUT2D eigenvalue weighted by molar-refractivity contribution is 6.04. The van der Waals surface area contributed by atoms with E-state index in [0.29, 0.717) is 11.2 Å². The van der Waals surface area contributed by atoms with Crippen LogP contribution in [0, 0.1) is 0 Å². The SMILES string of the molecule is Nc1nn2cccnc2c1C(=O)NC1CCNCC1. The predicted octanol–water partition coefficient (Wildman–Crippen LogP) is -0.207. The number of nitrogens with two attached hydrogens (primary N) is 1. The molecule has 0 unspecified atom stereocenters. The fraction of sp³-hybridized carbons (Fsp3) is 0.417. The maximum atomic E-state index is 12.3. The molecule has 4 N–H and O–H groups in total. The summed E-state index contributed by atoms with van der Waals surface area (Å²) >= 11 is 0. The zero-order chi connectivity index (χ0) is 13.2. The van der Waals surface area contributed by atoms with Gasteiger partial charge in [0.15, 0.2) is 11.5 Å². The number of amides is 1. The van der Waals surface area contributed by atoms with Gasteiger partial charge in [0.05, 0.1) is 0 Å². The fourth-order valence-corrected chi connectivity index (χ4v) is 2.35. The van der Waals surface area contributed by atoms with Crippen molar-refractivity contribution in [3.63, 3.8) is 0 Å². The van der Waals surface area contributed by atoms with Crippen LogP contribution in [-0.2, 0) is 0 Å². The van der Waals surface area contributed by atoms with Crippen LogP contribution in [-0.4, -0.2) is 39.6 Å². The Labute approximate surface area is 110 Å². The van der Waals surface area contributed by atoms with Gasteiger partial charge in [-0.1, -0.05) is 0 Å². The van der Waals surface area contributed by atoms with Gasteiger partial charge in [0.25, 0.3) is 5.91 Å². The molecule has 1 aliphatic rings. The highest BCUT2D eigenvalue weighted by Gasteiger charge is 2.22. The van der Waals surface area contributed by atoms with Gasteiger partial charge in [0.1, 0.15) is 5.56 Å². The van der Waals surface area contributed by atoms with Crippen molar-refractivity contribution < 1.29 is 4.79 Å². The van der Waals surface area contributed by atoms with Crippen LogP contribution in [0.2, 0.25) is 0 Å². The first-order valence-corrected chi connectivity index (χ1v) is 6.36. The molecule has 1 amide bonds. The Kier molecular flexibility index (Phi) is 3.04. The predicted molar refractivity (Wildman–Crippen MR) is 70.8 cm³/mol. The van der Waals surface area contributed by atoms with E-state index in [1.54, 1.807) is 18.5 Å². The lowest BCUT2D eigenvalue weighted by Gasteiger charge is -2.23. The van der Waals surface area contributed by atoms with Gasteiger partial charge < -0.3 is 16.4 Å². The molecule has 0 aromatic carbocycles. The van der Waals surface area contributed by atoms with Crippen LogP contribution in [0.15, 0.2) is 18.5 Å². The maximum absolute atomic E-state index is 12.3. The first-order valence-electron chi connectivity index (χ1n) is 6.36. The fourth-order valence-electron chi connectivity index (χ4n) is 2.35. The standard InChI is InChI=1S/C12H16N6O/c13-10-9(11-15-4-1-7-18(11)17-10)12(19)16-8-2-5-14-6-3-8/h1,4,7-8,14H,2-3,5-6H2,(H2,13,17)(H,16,19). The molecule has 0 aliphatic carbocycles. The molecule has 100 valence electrons. The summed E-state index contributed by atoms with van der Waals surface area (Å²) in [5.74, 6) is 0.0169. The minimum atomic E-state index is -0.196. The number of nitrogen functional groups attached to an aromatic ring is 1. The number of nitrogens with zero attached hydrogens (tertiary/aromatic N) is 3. The summed E-state index contributed by atoms with van der Waals surface area (Å²) in [5, 5.41) is 10.3. The minimum absolute atomic E-state index is 0.187. The summed E-state index contributed by atoms with van der Waals surface area (Å²) in [5.41, 5.74) is 6.67. The Balaban J connectivity index is 1.86. The Morgan fingerprint density at radius 3 is 3.05 bits per heavy atom. The third-order valence-electron chi connectivity index (χ3n) is 3.32. The van der Waals surface area contributed by atoms with Crippen LogP contribution >= 0.6 is 0 Å². The Morgan fingerprint density at radius 2 is 2.26 bits per heavy atom. The third-order valence-corrected chi connectivity index (χ3v) is 3.32. The largest absolute Gasteiger partial charge is 0.381 e. The monoisotopic (exact) mass is 260 g/mol. The van der Waals surface area contributed by atoms with E-state index < -0.39 is 0 Å². The summed E-state index contributed by atoms with van der Waals surface area (Å²) < 4.78 is 1.52. The van der Waals surface area contributed by atoms with Crippen LogP contribution < -0.4 is 16.4 Å². The lowest BCUT2D eigenvalue weighted by molar-refractivity contribution is 0.0932. The number of hydrogen-bond acceptors (Lipinski definition) is 5. The number of rotatable bonds is 2. The van der Waals surface area contributed by atoms with E-state index in [2.05, 4.69) is 20.7 Å². The van der Waals surface area contributed by atoms with Crippen molar-refractivity contribution >= 4 is 17.4 Å². The van der Waals surface area contributed by atoms with Crippen molar-refractivity contribution in [2.24, 2.45) is 0 Å². The van der Waals surface area contributed by atoms with Crippen LogP contribution in [0.1, 0.15) is 23.2 Å². The zero-order valence-corrected chi connectivity index (χ0v) is 10.5. The molecule has 2 aromatic heterocycles. The highest BCUT2D eigenvalue weighted by Crippen LogP contribution is 2.16. The number of hydrogen-bond donors (Lipinski definition) is 3. The van der Waals surface area contributed by atoms with Crippen molar-refractivity contribution in [3.05, 3.63) is 24.0 Å². The molecule has 7 heteroatoms. The molecule has 0 bridgehead atoms. The number of nitrogens with one attached hydrogen (secondary N) is 2. The van der Waals surface area contributed by atoms with E-state index in [9.17, 15) is 4.79 Å². The van der Waals surface area contributed by atoms with E-state index in [-0.39, 0.29) is 17.8 Å². The topological polar surface area (TPSA) is 97.3 Å². The molecule has 1 fully saturated rings. The summed E-state index contributed by atoms with van der Waals surface area (Å²) in [4.78, 5) is 16.5. The van der Waals surface area contributed by atoms with Gasteiger partial charge in [-0.05, 0) is 32.0 Å². The Morgan fingerprint density at radius 1 is 1.47 bits per heavy atom. The smallest absolute Gasteiger partial charge is 0.259 e. The second kappa shape index (κ2) is 4.85. The van der Waals surface area contributed by atoms with Gasteiger partial charge in [-0.2, -0.15) is 0 Å². The van der Waals surface area contributed by atoms with Crippen molar-refractivity contribution in [2.45, 2.75) is 18.9 Å². The molecule has 0 atom stereocenters. The molecular formula is C12H16N6O. The number of carbonyl (C=O) groups is 1. The third kappa shape index (κ3) is 2.24. The molecule has 0 radical (unpaired) electrons. The molecule has 3 rings (SSSR count). The molecule has 7 nitrogen and oxygen atoms in total. The van der Waals surface area contributed by atoms with Gasteiger partial charge >= 0.3 is 0 Å². The van der Waals surface area contributed by atoms with Crippen molar-refractivity contribution in [2.75, 3.05) is 18.8 Å². The normalized spacial score (nSPS) is 16.6. The van der Waals surface area contributed by atoms with E-state index >= 15 is 0 Å². The Bertz CT molecular complexity index is 601. The van der Waals surface area contributed by atoms with Crippen LogP contribution in [0.3, 0.4) is 0 Å². The number of fused-ring (bicyclic) bond motifs is 1. The summed E-state index contributed by atoms with van der Waals surface area (Å²) in [6, 6.07) is 1.93. The Hall–Kier alpha value is -2.15. The summed E-state index contributed by atoms with van der Waals surface area (Å²) in [7, 11) is 0. The lowest BCUT2D eigenvalue weighted by atomic mass is 10.1. The molecule has 1 saturated heterocycles. The molecule has 1 aliphatic heterocycles. The molecule has 19 heavy (non-hydrogen) atoms. The van der Waals surface area contributed by atoms with E-state index in [1.165, 1.54) is 4.52 Å². The molecule has 0 spiro atoms. The molecular weight excluding hydrogens is 244 g/mol. The van der Waals surface area contributed by atoms with Crippen molar-refractivity contribution in [1.82, 2.24) is 25.2 Å². The van der Waals surface area contributed by atoms with Crippen molar-refractivity contribution in [1.29, 1.82) is 0 Å². The highest BCUT2D eigenvalue weighted by atomic mass is 16.1. The van der Waals surface area contributed by atoms with Crippen LogP contribution in [0.5, 0.6) is 0 Å². The second-order valence-corrected chi connectivity index (χ2v) is 4.65. The van der Waals surface area contributed by atoms with Gasteiger partial charge in [-0.25, -0.2) is 9.50 Å². The summed E-state index contributed by atoms with van der Waals surface area (Å²) in [6.45, 7) is 1.85. The zero-order valence-electron chi connectivity index (χ0n) is 10.5. The molecule has 0 saturated carbocycles. The van der Waals surface area contributed by atoms with Gasteiger partial charge in [-0.15, -0.1) is 5.10 Å². The van der Waals surface area contributed by atoms with E-state index in [4.69, 9.17) is 5.73 Å². The molecule has 3 heterocycles. The van der Waals surface area contributed by atoms with Crippen LogP contribution in [0.4, 0.5) is 5.82 Å². The van der Waals surface area contributed by atoms with Gasteiger partial charge in [0.2, 0.25) is 0 Å². The quantitative estimate of drug-likeness (QED) is 0.694. The second-order valence-electron chi connectivity index (χ2n) is 4.65. The van der Waals surface area contributed by atoms with Gasteiger partial charge in [-0.3, -0.25) is 4.79 Å². The van der Waals surface area contributed by atoms with Gasteiger partial charge in [0, 0.05) is 18.4 Å². The van der Waals surface area contributed by atoms with Crippen LogP contribution in [0.25, 0.3) is 5.65 Å². The van der Waals surface area contributed by atoms with E-state index in [0.717, 1.165) is 25.9 Å². The average Bonchev–Trinajstić information content (AvgIpc) is 2.75. The number of piperidine rings is 1. The van der Waals surface area contributed by atoms with Crippen molar-refractivity contribution in [3.8, 4) is 0 Å². The minimum Gasteiger partial charge on any atom is -0.381 e. The number of aromatic nitrogens is 3.